The fraction of sp³-hybridized carbons (Fsp3) is 0.444. The molecule has 1 aromatic carbocycles. The zero-order chi connectivity index (χ0) is 19.5. The van der Waals surface area contributed by atoms with Crippen molar-refractivity contribution in [3.05, 3.63) is 46.8 Å². The van der Waals surface area contributed by atoms with Crippen molar-refractivity contribution in [1.82, 2.24) is 15.1 Å². The van der Waals surface area contributed by atoms with E-state index >= 15 is 0 Å². The van der Waals surface area contributed by atoms with Crippen LogP contribution >= 0.6 is 12.2 Å². The minimum Gasteiger partial charge on any atom is -0.360 e. The van der Waals surface area contributed by atoms with Gasteiger partial charge < -0.3 is 10.6 Å². The number of anilines is 1. The van der Waals surface area contributed by atoms with E-state index in [1.165, 1.54) is 6.07 Å². The first-order valence-electron chi connectivity index (χ1n) is 8.39. The summed E-state index contributed by atoms with van der Waals surface area (Å²) in [6.45, 7) is 8.05. The Balaban J connectivity index is 2.19. The molecule has 0 spiro atoms. The summed E-state index contributed by atoms with van der Waals surface area (Å²) in [5, 5.41) is 11.3. The number of hydrogen-bond donors (Lipinski definition) is 2. The molecule has 4 nitrogen and oxygen atoms in total. The first-order valence-corrected chi connectivity index (χ1v) is 8.80. The second kappa shape index (κ2) is 8.07. The van der Waals surface area contributed by atoms with E-state index < -0.39 is 11.7 Å². The van der Waals surface area contributed by atoms with Gasteiger partial charge in [0.1, 0.15) is 0 Å². The minimum atomic E-state index is -4.36. The van der Waals surface area contributed by atoms with Gasteiger partial charge >= 0.3 is 6.18 Å². The molecule has 1 heterocycles. The monoisotopic (exact) mass is 384 g/mol. The summed E-state index contributed by atoms with van der Waals surface area (Å²) in [5.41, 5.74) is 2.21. The van der Waals surface area contributed by atoms with E-state index in [0.717, 1.165) is 35.6 Å². The lowest BCUT2D eigenvalue weighted by Crippen LogP contribution is -2.35. The minimum absolute atomic E-state index is 0.246. The van der Waals surface area contributed by atoms with Gasteiger partial charge in [-0.15, -0.1) is 0 Å². The number of nitrogens with one attached hydrogen (secondary N) is 2. The number of nitrogens with zero attached hydrogens (tertiary/aromatic N) is 2. The maximum atomic E-state index is 12.9. The normalized spacial score (nSPS) is 12.7. The highest BCUT2D eigenvalue weighted by Gasteiger charge is 2.30. The molecule has 26 heavy (non-hydrogen) atoms. The van der Waals surface area contributed by atoms with E-state index in [-0.39, 0.29) is 12.6 Å². The van der Waals surface area contributed by atoms with Crippen LogP contribution in [-0.2, 0) is 12.7 Å². The zero-order valence-corrected chi connectivity index (χ0v) is 16.1. The highest BCUT2D eigenvalue weighted by molar-refractivity contribution is 7.80. The molecule has 0 amide bonds. The Morgan fingerprint density at radius 3 is 2.62 bits per heavy atom. The average molecular weight is 384 g/mol. The highest BCUT2D eigenvalue weighted by Crippen LogP contribution is 2.30. The van der Waals surface area contributed by atoms with E-state index in [0.29, 0.717) is 10.7 Å². The predicted molar refractivity (Wildman–Crippen MR) is 101 cm³/mol. The van der Waals surface area contributed by atoms with E-state index in [9.17, 15) is 13.2 Å². The molecule has 1 atom stereocenters. The van der Waals surface area contributed by atoms with Gasteiger partial charge in [0.15, 0.2) is 5.11 Å². The molecule has 142 valence electrons. The van der Waals surface area contributed by atoms with Crippen LogP contribution in [0.15, 0.2) is 24.3 Å². The molecular formula is C18H23F3N4S. The van der Waals surface area contributed by atoms with Crippen LogP contribution in [0.5, 0.6) is 0 Å². The molecule has 0 radical (unpaired) electrons. The van der Waals surface area contributed by atoms with Crippen LogP contribution < -0.4 is 10.6 Å². The SMILES string of the molecule is CC[C@H](C)NC(=S)Nc1c(C)nn(Cc2cccc(C(F)(F)F)c2)c1C. The van der Waals surface area contributed by atoms with Crippen LogP contribution in [0.2, 0.25) is 0 Å². The molecule has 0 unspecified atom stereocenters. The van der Waals surface area contributed by atoms with Gasteiger partial charge in [0, 0.05) is 6.04 Å². The standard InChI is InChI=1S/C18H23F3N4S/c1-5-11(2)22-17(26)23-16-12(3)24-25(13(16)4)10-14-7-6-8-15(9-14)18(19,20)21/h6-9,11H,5,10H2,1-4H3,(H2,22,23,26)/t11-/m0/s1. The average Bonchev–Trinajstić information content (AvgIpc) is 2.81. The molecule has 2 N–H and O–H groups in total. The molecule has 2 aromatic rings. The quantitative estimate of drug-likeness (QED) is 0.737. The lowest BCUT2D eigenvalue weighted by molar-refractivity contribution is -0.137. The Kier molecular flexibility index (Phi) is 6.28. The Morgan fingerprint density at radius 2 is 2.00 bits per heavy atom. The van der Waals surface area contributed by atoms with E-state index in [2.05, 4.69) is 22.7 Å². The summed E-state index contributed by atoms with van der Waals surface area (Å²) in [6.07, 6.45) is -3.42. The van der Waals surface area contributed by atoms with Gasteiger partial charge in [-0.2, -0.15) is 18.3 Å². The number of alkyl halides is 3. The summed E-state index contributed by atoms with van der Waals surface area (Å²) in [4.78, 5) is 0. The highest BCUT2D eigenvalue weighted by atomic mass is 32.1. The summed E-state index contributed by atoms with van der Waals surface area (Å²) >= 11 is 5.31. The molecular weight excluding hydrogens is 361 g/mol. The number of hydrogen-bond acceptors (Lipinski definition) is 2. The predicted octanol–water partition coefficient (Wildman–Crippen LogP) is 4.65. The summed E-state index contributed by atoms with van der Waals surface area (Å²) in [5.74, 6) is 0. The molecule has 2 rings (SSSR count). The number of aromatic nitrogens is 2. The number of benzene rings is 1. The first-order chi connectivity index (χ1) is 12.1. The number of halogens is 3. The fourth-order valence-electron chi connectivity index (χ4n) is 2.53. The summed E-state index contributed by atoms with van der Waals surface area (Å²) in [6, 6.07) is 5.54. The van der Waals surface area contributed by atoms with Crippen LogP contribution in [0, 0.1) is 13.8 Å². The van der Waals surface area contributed by atoms with Crippen molar-refractivity contribution in [3.8, 4) is 0 Å². The zero-order valence-electron chi connectivity index (χ0n) is 15.2. The Hall–Kier alpha value is -2.09. The summed E-state index contributed by atoms with van der Waals surface area (Å²) in [7, 11) is 0. The molecule has 0 bridgehead atoms. The molecule has 0 aliphatic rings. The molecule has 0 fully saturated rings. The second-order valence-corrected chi connectivity index (χ2v) is 6.72. The van der Waals surface area contributed by atoms with Gasteiger partial charge in [0.05, 0.1) is 29.2 Å². The molecule has 0 aliphatic heterocycles. The van der Waals surface area contributed by atoms with Crippen molar-refractivity contribution in [1.29, 1.82) is 0 Å². The molecule has 1 aromatic heterocycles. The largest absolute Gasteiger partial charge is 0.416 e. The van der Waals surface area contributed by atoms with Crippen molar-refractivity contribution in [2.75, 3.05) is 5.32 Å². The third kappa shape index (κ3) is 4.97. The van der Waals surface area contributed by atoms with Gasteiger partial charge in [0.2, 0.25) is 0 Å². The van der Waals surface area contributed by atoms with E-state index in [4.69, 9.17) is 12.2 Å². The van der Waals surface area contributed by atoms with Crippen LogP contribution in [-0.4, -0.2) is 20.9 Å². The van der Waals surface area contributed by atoms with Gasteiger partial charge in [-0.1, -0.05) is 19.1 Å². The van der Waals surface area contributed by atoms with E-state index in [1.54, 1.807) is 10.7 Å². The van der Waals surface area contributed by atoms with Crippen molar-refractivity contribution >= 4 is 23.0 Å². The fourth-order valence-corrected chi connectivity index (χ4v) is 2.83. The number of aryl methyl sites for hydroxylation is 1. The maximum absolute atomic E-state index is 12.9. The third-order valence-electron chi connectivity index (χ3n) is 4.20. The maximum Gasteiger partial charge on any atom is 0.416 e. The smallest absolute Gasteiger partial charge is 0.360 e. The van der Waals surface area contributed by atoms with Gasteiger partial charge in [0.25, 0.3) is 0 Å². The number of thiocarbonyl (C=S) groups is 1. The molecule has 0 saturated carbocycles. The molecule has 0 saturated heterocycles. The van der Waals surface area contributed by atoms with Crippen molar-refractivity contribution < 1.29 is 13.2 Å². The third-order valence-corrected chi connectivity index (χ3v) is 4.42. The van der Waals surface area contributed by atoms with Crippen molar-refractivity contribution in [3.63, 3.8) is 0 Å². The van der Waals surface area contributed by atoms with Gasteiger partial charge in [-0.25, -0.2) is 0 Å². The summed E-state index contributed by atoms with van der Waals surface area (Å²) < 4.78 is 40.3. The van der Waals surface area contributed by atoms with Crippen LogP contribution in [0.25, 0.3) is 0 Å². The topological polar surface area (TPSA) is 41.9 Å². The van der Waals surface area contributed by atoms with Crippen LogP contribution in [0.3, 0.4) is 0 Å². The molecule has 0 aliphatic carbocycles. The number of rotatable bonds is 5. The lowest BCUT2D eigenvalue weighted by Gasteiger charge is -2.15. The van der Waals surface area contributed by atoms with Crippen LogP contribution in [0.1, 0.15) is 42.8 Å². The molecule has 8 heteroatoms. The second-order valence-electron chi connectivity index (χ2n) is 6.31. The van der Waals surface area contributed by atoms with E-state index in [1.807, 2.05) is 20.8 Å². The lowest BCUT2D eigenvalue weighted by atomic mass is 10.1. The van der Waals surface area contributed by atoms with Gasteiger partial charge in [-0.3, -0.25) is 4.68 Å². The van der Waals surface area contributed by atoms with Crippen molar-refractivity contribution in [2.45, 2.75) is 52.9 Å². The van der Waals surface area contributed by atoms with Gasteiger partial charge in [-0.05, 0) is 57.1 Å². The first kappa shape index (κ1) is 20.2. The Bertz CT molecular complexity index is 783. The van der Waals surface area contributed by atoms with Crippen LogP contribution in [0.4, 0.5) is 18.9 Å². The Morgan fingerprint density at radius 1 is 1.31 bits per heavy atom. The van der Waals surface area contributed by atoms with Crippen molar-refractivity contribution in [2.24, 2.45) is 0 Å². The Labute approximate surface area is 156 Å².